The summed E-state index contributed by atoms with van der Waals surface area (Å²) in [6.07, 6.45) is 3.03. The van der Waals surface area contributed by atoms with Crippen molar-refractivity contribution in [2.45, 2.75) is 0 Å². The van der Waals surface area contributed by atoms with Crippen molar-refractivity contribution in [3.63, 3.8) is 0 Å². The van der Waals surface area contributed by atoms with Gasteiger partial charge in [0.15, 0.2) is 11.0 Å². The van der Waals surface area contributed by atoms with Gasteiger partial charge in [0.1, 0.15) is 11.5 Å². The summed E-state index contributed by atoms with van der Waals surface area (Å²) in [5.41, 5.74) is 0.717. The van der Waals surface area contributed by atoms with E-state index in [0.29, 0.717) is 28.3 Å². The zero-order chi connectivity index (χ0) is 18.5. The molecule has 0 spiro atoms. The Labute approximate surface area is 155 Å². The van der Waals surface area contributed by atoms with Gasteiger partial charge in [-0.05, 0) is 24.3 Å². The van der Waals surface area contributed by atoms with Crippen molar-refractivity contribution < 1.29 is 14.3 Å². The molecule has 0 aliphatic heterocycles. The molecule has 0 atom stereocenters. The number of amides is 1. The van der Waals surface area contributed by atoms with Gasteiger partial charge in [0, 0.05) is 22.4 Å². The van der Waals surface area contributed by atoms with Crippen LogP contribution >= 0.6 is 11.6 Å². The summed E-state index contributed by atoms with van der Waals surface area (Å²) in [7, 11) is 3.14. The van der Waals surface area contributed by atoms with Crippen LogP contribution in [0.4, 0.5) is 5.82 Å². The molecule has 3 rings (SSSR count). The van der Waals surface area contributed by atoms with Crippen molar-refractivity contribution in [2.75, 3.05) is 19.5 Å². The van der Waals surface area contributed by atoms with Gasteiger partial charge in [-0.2, -0.15) is 0 Å². The fraction of sp³-hybridized carbons (Fsp3) is 0.105. The molecular weight excluding hydrogens is 354 g/mol. The van der Waals surface area contributed by atoms with Crippen molar-refractivity contribution >= 4 is 40.2 Å². The summed E-state index contributed by atoms with van der Waals surface area (Å²) in [5.74, 6) is 1.29. The van der Waals surface area contributed by atoms with Gasteiger partial charge < -0.3 is 14.8 Å². The van der Waals surface area contributed by atoms with Gasteiger partial charge >= 0.3 is 0 Å². The Hall–Kier alpha value is -3.12. The molecule has 1 heterocycles. The molecule has 0 aliphatic carbocycles. The molecule has 0 saturated carbocycles. The van der Waals surface area contributed by atoms with E-state index in [1.54, 1.807) is 38.5 Å². The number of nitrogens with one attached hydrogen (secondary N) is 1. The minimum Gasteiger partial charge on any atom is -0.497 e. The third-order valence-corrected chi connectivity index (χ3v) is 4.01. The van der Waals surface area contributed by atoms with E-state index in [4.69, 9.17) is 21.1 Å². The second-order valence-electron chi connectivity index (χ2n) is 5.32. The van der Waals surface area contributed by atoms with Crippen LogP contribution in [0.25, 0.3) is 16.8 Å². The molecule has 0 fully saturated rings. The lowest BCUT2D eigenvalue weighted by Crippen LogP contribution is -2.10. The van der Waals surface area contributed by atoms with Gasteiger partial charge in [0.25, 0.3) is 0 Å². The van der Waals surface area contributed by atoms with Gasteiger partial charge in [-0.25, -0.2) is 0 Å². The first-order valence-electron chi connectivity index (χ1n) is 7.74. The van der Waals surface area contributed by atoms with Gasteiger partial charge in [0.2, 0.25) is 5.91 Å². The lowest BCUT2D eigenvalue weighted by atomic mass is 10.1. The number of methoxy groups -OCH3 is 2. The van der Waals surface area contributed by atoms with E-state index < -0.39 is 0 Å². The Morgan fingerprint density at radius 2 is 1.85 bits per heavy atom. The number of carbonyl (C=O) groups is 1. The van der Waals surface area contributed by atoms with E-state index in [-0.39, 0.29) is 11.1 Å². The van der Waals surface area contributed by atoms with E-state index in [1.165, 1.54) is 6.08 Å². The second kappa shape index (κ2) is 7.84. The monoisotopic (exact) mass is 369 g/mol. The Kier molecular flexibility index (Phi) is 5.34. The molecule has 7 heteroatoms. The first kappa shape index (κ1) is 17.7. The molecule has 1 aromatic heterocycles. The maximum atomic E-state index is 12.3. The number of anilines is 1. The van der Waals surface area contributed by atoms with Crippen LogP contribution < -0.4 is 14.8 Å². The summed E-state index contributed by atoms with van der Waals surface area (Å²) in [6, 6.07) is 12.7. The predicted octanol–water partition coefficient (Wildman–Crippen LogP) is 3.95. The lowest BCUT2D eigenvalue weighted by molar-refractivity contribution is -0.111. The van der Waals surface area contributed by atoms with Crippen LogP contribution in [0.3, 0.4) is 0 Å². The van der Waals surface area contributed by atoms with Crippen LogP contribution in [0.2, 0.25) is 5.15 Å². The lowest BCUT2D eigenvalue weighted by Gasteiger charge is -2.08. The third kappa shape index (κ3) is 3.75. The van der Waals surface area contributed by atoms with Gasteiger partial charge in [-0.15, -0.1) is 10.2 Å². The number of carbonyl (C=O) groups excluding carboxylic acids is 1. The Morgan fingerprint density at radius 3 is 2.58 bits per heavy atom. The number of ether oxygens (including phenoxy) is 2. The largest absolute Gasteiger partial charge is 0.497 e. The summed E-state index contributed by atoms with van der Waals surface area (Å²) in [5, 5.41) is 12.3. The Bertz CT molecular complexity index is 989. The second-order valence-corrected chi connectivity index (χ2v) is 5.67. The maximum absolute atomic E-state index is 12.3. The van der Waals surface area contributed by atoms with Crippen LogP contribution in [0, 0.1) is 0 Å². The first-order chi connectivity index (χ1) is 12.6. The zero-order valence-corrected chi connectivity index (χ0v) is 14.9. The molecule has 132 valence electrons. The van der Waals surface area contributed by atoms with E-state index in [1.807, 2.05) is 24.3 Å². The molecule has 0 saturated heterocycles. The standard InChI is InChI=1S/C19H16ClN3O3/c1-25-13-8-9-16(26-2)12(11-13)7-10-17(24)21-19-15-6-4-3-5-14(15)18(20)22-23-19/h3-11H,1-2H3,(H,21,23,24)/b10-7+. The Balaban J connectivity index is 1.84. The average Bonchev–Trinajstić information content (AvgIpc) is 2.68. The minimum absolute atomic E-state index is 0.287. The molecule has 1 N–H and O–H groups in total. The van der Waals surface area contributed by atoms with Gasteiger partial charge in [-0.1, -0.05) is 35.9 Å². The molecule has 0 bridgehead atoms. The van der Waals surface area contributed by atoms with Crippen molar-refractivity contribution in [2.24, 2.45) is 0 Å². The Morgan fingerprint density at radius 1 is 1.08 bits per heavy atom. The normalized spacial score (nSPS) is 10.9. The van der Waals surface area contributed by atoms with E-state index in [0.717, 1.165) is 5.39 Å². The molecular formula is C19H16ClN3O3. The smallest absolute Gasteiger partial charge is 0.249 e. The fourth-order valence-corrected chi connectivity index (χ4v) is 2.66. The van der Waals surface area contributed by atoms with Crippen LogP contribution in [-0.4, -0.2) is 30.3 Å². The molecule has 26 heavy (non-hydrogen) atoms. The molecule has 6 nitrogen and oxygen atoms in total. The van der Waals surface area contributed by atoms with E-state index >= 15 is 0 Å². The molecule has 2 aromatic carbocycles. The minimum atomic E-state index is -0.350. The summed E-state index contributed by atoms with van der Waals surface area (Å²) in [6.45, 7) is 0. The summed E-state index contributed by atoms with van der Waals surface area (Å²) < 4.78 is 10.5. The number of rotatable bonds is 5. The molecule has 0 aliphatic rings. The highest BCUT2D eigenvalue weighted by Crippen LogP contribution is 2.26. The van der Waals surface area contributed by atoms with Crippen LogP contribution in [0.15, 0.2) is 48.5 Å². The number of hydrogen-bond donors (Lipinski definition) is 1. The van der Waals surface area contributed by atoms with Crippen molar-refractivity contribution in [1.29, 1.82) is 0 Å². The number of halogens is 1. The van der Waals surface area contributed by atoms with Gasteiger partial charge in [0.05, 0.1) is 14.2 Å². The van der Waals surface area contributed by atoms with Crippen LogP contribution in [0.1, 0.15) is 5.56 Å². The van der Waals surface area contributed by atoms with Crippen molar-refractivity contribution in [1.82, 2.24) is 10.2 Å². The number of fused-ring (bicyclic) bond motifs is 1. The van der Waals surface area contributed by atoms with Crippen LogP contribution in [0.5, 0.6) is 11.5 Å². The van der Waals surface area contributed by atoms with E-state index in [9.17, 15) is 4.79 Å². The fourth-order valence-electron chi connectivity index (χ4n) is 2.46. The highest BCUT2D eigenvalue weighted by atomic mass is 35.5. The maximum Gasteiger partial charge on any atom is 0.249 e. The van der Waals surface area contributed by atoms with Gasteiger partial charge in [-0.3, -0.25) is 4.79 Å². The summed E-state index contributed by atoms with van der Waals surface area (Å²) >= 11 is 6.04. The first-order valence-corrected chi connectivity index (χ1v) is 8.12. The SMILES string of the molecule is COc1ccc(OC)c(/C=C/C(=O)Nc2nnc(Cl)c3ccccc23)c1. The number of aromatic nitrogens is 2. The molecule has 1 amide bonds. The summed E-state index contributed by atoms with van der Waals surface area (Å²) in [4.78, 5) is 12.3. The predicted molar refractivity (Wildman–Crippen MR) is 102 cm³/mol. The number of hydrogen-bond acceptors (Lipinski definition) is 5. The van der Waals surface area contributed by atoms with Crippen LogP contribution in [-0.2, 0) is 4.79 Å². The van der Waals surface area contributed by atoms with Crippen molar-refractivity contribution in [3.8, 4) is 11.5 Å². The molecule has 3 aromatic rings. The van der Waals surface area contributed by atoms with E-state index in [2.05, 4.69) is 15.5 Å². The number of benzene rings is 2. The zero-order valence-electron chi connectivity index (χ0n) is 14.2. The highest BCUT2D eigenvalue weighted by Gasteiger charge is 2.09. The number of nitrogens with zero attached hydrogens (tertiary/aromatic N) is 2. The molecule has 0 unspecified atom stereocenters. The third-order valence-electron chi connectivity index (χ3n) is 3.73. The van der Waals surface area contributed by atoms with Crippen molar-refractivity contribution in [3.05, 3.63) is 59.3 Å². The quantitative estimate of drug-likeness (QED) is 0.689. The highest BCUT2D eigenvalue weighted by molar-refractivity contribution is 6.34. The average molecular weight is 370 g/mol. The molecule has 0 radical (unpaired) electrons. The topological polar surface area (TPSA) is 73.3 Å².